The molecule has 1 atom stereocenters. The van der Waals surface area contributed by atoms with Crippen molar-refractivity contribution in [2.45, 2.75) is 33.3 Å². The highest BCUT2D eigenvalue weighted by Crippen LogP contribution is 2.02. The van der Waals surface area contributed by atoms with Crippen LogP contribution in [0.15, 0.2) is 11.6 Å². The highest BCUT2D eigenvalue weighted by Gasteiger charge is 2.08. The molecule has 0 saturated carbocycles. The summed E-state index contributed by atoms with van der Waals surface area (Å²) >= 11 is 0. The minimum absolute atomic E-state index is 0.286. The Balaban J connectivity index is 3.98. The van der Waals surface area contributed by atoms with Crippen molar-refractivity contribution in [2.75, 3.05) is 19.6 Å². The van der Waals surface area contributed by atoms with Crippen LogP contribution in [0.2, 0.25) is 0 Å². The second-order valence-corrected chi connectivity index (χ2v) is 3.57. The van der Waals surface area contributed by atoms with Crippen LogP contribution in [0.1, 0.15) is 27.2 Å². The number of carbonyl (C=O) groups is 1. The molecule has 4 nitrogen and oxygen atoms in total. The van der Waals surface area contributed by atoms with Gasteiger partial charge in [-0.1, -0.05) is 19.9 Å². The number of aliphatic carboxylic acids is 1. The second-order valence-electron chi connectivity index (χ2n) is 3.57. The Morgan fingerprint density at radius 1 is 1.40 bits per heavy atom. The normalized spacial score (nSPS) is 14.3. The van der Waals surface area contributed by atoms with E-state index >= 15 is 0 Å². The van der Waals surface area contributed by atoms with Crippen molar-refractivity contribution in [3.8, 4) is 0 Å². The van der Waals surface area contributed by atoms with E-state index in [0.29, 0.717) is 13.0 Å². The fraction of sp³-hybridized carbons (Fsp3) is 0.727. The zero-order valence-corrected chi connectivity index (χ0v) is 9.73. The van der Waals surface area contributed by atoms with Crippen LogP contribution in [0.3, 0.4) is 0 Å². The maximum atomic E-state index is 10.5. The Kier molecular flexibility index (Phi) is 6.99. The lowest BCUT2D eigenvalue weighted by Gasteiger charge is -2.21. The summed E-state index contributed by atoms with van der Waals surface area (Å²) in [5.74, 6) is -0.926. The van der Waals surface area contributed by atoms with Crippen LogP contribution in [0, 0.1) is 0 Å². The quantitative estimate of drug-likeness (QED) is 0.625. The predicted molar refractivity (Wildman–Crippen MR) is 59.8 cm³/mol. The molecule has 0 spiro atoms. The lowest BCUT2D eigenvalue weighted by atomic mass is 10.1. The minimum atomic E-state index is -0.926. The standard InChI is InChI=1S/C11H21NO3/c1-4-12(5-2)8-10(13)7-6-9(3)11(14)15/h6,10,13H,4-5,7-8H2,1-3H3,(H,14,15). The van der Waals surface area contributed by atoms with E-state index in [1.54, 1.807) is 6.08 Å². The molecule has 0 aromatic carbocycles. The lowest BCUT2D eigenvalue weighted by Crippen LogP contribution is -2.31. The van der Waals surface area contributed by atoms with Gasteiger partial charge in [-0.05, 0) is 26.4 Å². The van der Waals surface area contributed by atoms with Crippen molar-refractivity contribution in [1.29, 1.82) is 0 Å². The number of likely N-dealkylation sites (N-methyl/N-ethyl adjacent to an activating group) is 1. The first-order valence-electron chi connectivity index (χ1n) is 5.31. The molecule has 0 radical (unpaired) electrons. The Labute approximate surface area is 91.2 Å². The van der Waals surface area contributed by atoms with Gasteiger partial charge >= 0.3 is 5.97 Å². The van der Waals surface area contributed by atoms with Crippen LogP contribution in [0.25, 0.3) is 0 Å². The van der Waals surface area contributed by atoms with Gasteiger partial charge in [0.25, 0.3) is 0 Å². The van der Waals surface area contributed by atoms with Crippen molar-refractivity contribution in [3.63, 3.8) is 0 Å². The summed E-state index contributed by atoms with van der Waals surface area (Å²) in [6, 6.07) is 0. The average Bonchev–Trinajstić information content (AvgIpc) is 2.22. The van der Waals surface area contributed by atoms with E-state index in [4.69, 9.17) is 5.11 Å². The molecule has 1 unspecified atom stereocenters. The smallest absolute Gasteiger partial charge is 0.330 e. The van der Waals surface area contributed by atoms with Gasteiger partial charge in [0.15, 0.2) is 0 Å². The first-order valence-corrected chi connectivity index (χ1v) is 5.31. The number of carboxylic acid groups (broad SMARTS) is 1. The summed E-state index contributed by atoms with van der Waals surface area (Å²) in [6.45, 7) is 8.00. The molecule has 0 aromatic rings. The SMILES string of the molecule is CCN(CC)CC(O)CC=C(C)C(=O)O. The molecule has 4 heteroatoms. The molecule has 0 aliphatic carbocycles. The zero-order chi connectivity index (χ0) is 11.8. The second kappa shape index (κ2) is 7.43. The predicted octanol–water partition coefficient (Wildman–Crippen LogP) is 1.11. The molecule has 0 rings (SSSR count). The average molecular weight is 215 g/mol. The lowest BCUT2D eigenvalue weighted by molar-refractivity contribution is -0.132. The van der Waals surface area contributed by atoms with E-state index in [1.807, 2.05) is 13.8 Å². The van der Waals surface area contributed by atoms with E-state index in [1.165, 1.54) is 6.92 Å². The number of aliphatic hydroxyl groups excluding tert-OH is 1. The van der Waals surface area contributed by atoms with Crippen LogP contribution in [-0.4, -0.2) is 46.8 Å². The molecule has 0 aromatic heterocycles. The van der Waals surface area contributed by atoms with Gasteiger partial charge in [0.1, 0.15) is 0 Å². The summed E-state index contributed by atoms with van der Waals surface area (Å²) in [5, 5.41) is 18.2. The number of rotatable bonds is 7. The van der Waals surface area contributed by atoms with Crippen molar-refractivity contribution in [2.24, 2.45) is 0 Å². The Morgan fingerprint density at radius 2 is 1.93 bits per heavy atom. The van der Waals surface area contributed by atoms with Gasteiger partial charge in [-0.15, -0.1) is 0 Å². The van der Waals surface area contributed by atoms with E-state index in [0.717, 1.165) is 13.1 Å². The van der Waals surface area contributed by atoms with Crippen molar-refractivity contribution in [1.82, 2.24) is 4.90 Å². The molecule has 88 valence electrons. The fourth-order valence-corrected chi connectivity index (χ4v) is 1.25. The topological polar surface area (TPSA) is 60.8 Å². The molecule has 0 bridgehead atoms. The largest absolute Gasteiger partial charge is 0.478 e. The third-order valence-corrected chi connectivity index (χ3v) is 2.40. The van der Waals surface area contributed by atoms with Crippen molar-refractivity contribution < 1.29 is 15.0 Å². The summed E-state index contributed by atoms with van der Waals surface area (Å²) in [4.78, 5) is 12.6. The Bertz CT molecular complexity index is 222. The number of carboxylic acids is 1. The summed E-state index contributed by atoms with van der Waals surface area (Å²) < 4.78 is 0. The maximum absolute atomic E-state index is 10.5. The van der Waals surface area contributed by atoms with Crippen LogP contribution in [0.5, 0.6) is 0 Å². The maximum Gasteiger partial charge on any atom is 0.330 e. The van der Waals surface area contributed by atoms with Gasteiger partial charge in [-0.3, -0.25) is 0 Å². The minimum Gasteiger partial charge on any atom is -0.478 e. The molecular weight excluding hydrogens is 194 g/mol. The molecular formula is C11H21NO3. The number of nitrogens with zero attached hydrogens (tertiary/aromatic N) is 1. The van der Waals surface area contributed by atoms with Gasteiger partial charge in [-0.2, -0.15) is 0 Å². The van der Waals surface area contributed by atoms with E-state index in [9.17, 15) is 9.90 Å². The molecule has 0 aliphatic heterocycles. The number of aliphatic hydroxyl groups is 1. The molecule has 0 amide bonds. The van der Waals surface area contributed by atoms with Gasteiger partial charge in [0.2, 0.25) is 0 Å². The summed E-state index contributed by atoms with van der Waals surface area (Å²) in [5.41, 5.74) is 0.286. The molecule has 15 heavy (non-hydrogen) atoms. The van der Waals surface area contributed by atoms with Crippen LogP contribution in [0.4, 0.5) is 0 Å². The Morgan fingerprint density at radius 3 is 2.33 bits per heavy atom. The number of hydrogen-bond acceptors (Lipinski definition) is 3. The monoisotopic (exact) mass is 215 g/mol. The fourth-order valence-electron chi connectivity index (χ4n) is 1.25. The van der Waals surface area contributed by atoms with Gasteiger partial charge in [0.05, 0.1) is 6.10 Å². The molecule has 2 N–H and O–H groups in total. The van der Waals surface area contributed by atoms with Crippen LogP contribution < -0.4 is 0 Å². The van der Waals surface area contributed by atoms with Crippen LogP contribution in [-0.2, 0) is 4.79 Å². The van der Waals surface area contributed by atoms with Gasteiger partial charge in [-0.25, -0.2) is 4.79 Å². The first-order chi connectivity index (χ1) is 7.01. The van der Waals surface area contributed by atoms with E-state index < -0.39 is 12.1 Å². The molecule has 0 aliphatic rings. The van der Waals surface area contributed by atoms with Crippen molar-refractivity contribution in [3.05, 3.63) is 11.6 Å². The third kappa shape index (κ3) is 6.25. The molecule has 0 fully saturated rings. The van der Waals surface area contributed by atoms with Gasteiger partial charge in [0, 0.05) is 12.1 Å². The van der Waals surface area contributed by atoms with E-state index in [-0.39, 0.29) is 5.57 Å². The highest BCUT2D eigenvalue weighted by atomic mass is 16.4. The van der Waals surface area contributed by atoms with Crippen molar-refractivity contribution >= 4 is 5.97 Å². The molecule has 0 saturated heterocycles. The highest BCUT2D eigenvalue weighted by molar-refractivity contribution is 5.85. The number of hydrogen-bond donors (Lipinski definition) is 2. The zero-order valence-electron chi connectivity index (χ0n) is 9.73. The molecule has 0 heterocycles. The van der Waals surface area contributed by atoms with Gasteiger partial charge < -0.3 is 15.1 Å². The summed E-state index contributed by atoms with van der Waals surface area (Å²) in [7, 11) is 0. The Hall–Kier alpha value is -0.870. The third-order valence-electron chi connectivity index (χ3n) is 2.40. The van der Waals surface area contributed by atoms with E-state index in [2.05, 4.69) is 4.90 Å². The summed E-state index contributed by atoms with van der Waals surface area (Å²) in [6.07, 6.45) is 1.48. The first kappa shape index (κ1) is 14.1. The van der Waals surface area contributed by atoms with Crippen LogP contribution >= 0.6 is 0 Å².